The number of pyridine rings is 1. The van der Waals surface area contributed by atoms with E-state index in [2.05, 4.69) is 65.6 Å². The molecule has 3 heterocycles. The Bertz CT molecular complexity index is 1460. The maximum Gasteiger partial charge on any atom is 0.155 e. The Hall–Kier alpha value is -1.98. The van der Waals surface area contributed by atoms with E-state index in [0.29, 0.717) is 0 Å². The minimum Gasteiger partial charge on any atom is -0.512 e. The van der Waals surface area contributed by atoms with Crippen LogP contribution in [0, 0.1) is 6.07 Å². The van der Waals surface area contributed by atoms with Gasteiger partial charge in [-0.25, -0.2) is 0 Å². The van der Waals surface area contributed by atoms with Crippen LogP contribution in [0.2, 0.25) is 0 Å². The molecule has 2 aliphatic rings. The minimum absolute atomic E-state index is 0. The largest absolute Gasteiger partial charge is 0.512 e. The van der Waals surface area contributed by atoms with Gasteiger partial charge in [0, 0.05) is 48.2 Å². The van der Waals surface area contributed by atoms with Crippen LogP contribution in [0.3, 0.4) is 0 Å². The van der Waals surface area contributed by atoms with Crippen molar-refractivity contribution < 1.29 is 30.0 Å². The summed E-state index contributed by atoms with van der Waals surface area (Å²) in [7, 11) is 0. The summed E-state index contributed by atoms with van der Waals surface area (Å²) in [5, 5.41) is 12.3. The SMILES string of the molecule is CC(=O)/C=C(/C)O.S=P12c3ccccc3Sc3[c-]c(-c4ccccn4)cc(c31)Sc1ccccc12.[Ir]. The fraction of sp³-hybridized carbons (Fsp3) is 0.0714. The Labute approximate surface area is 238 Å². The first-order chi connectivity index (χ1) is 16.9. The molecule has 36 heavy (non-hydrogen) atoms. The number of hydrogen-bond donors (Lipinski definition) is 1. The second-order valence-corrected chi connectivity index (χ2v) is 14.5. The average molecular weight is 723 g/mol. The number of aliphatic hydroxyl groups excluding tert-OH is 1. The summed E-state index contributed by atoms with van der Waals surface area (Å²) in [6, 6.07) is 27.1. The molecule has 0 fully saturated rings. The number of ketones is 1. The molecule has 0 aliphatic carbocycles. The van der Waals surface area contributed by atoms with Crippen LogP contribution in [0.1, 0.15) is 13.8 Å². The van der Waals surface area contributed by atoms with Gasteiger partial charge in [0.2, 0.25) is 0 Å². The number of carbonyl (C=O) groups is 1. The molecule has 0 amide bonds. The summed E-state index contributed by atoms with van der Waals surface area (Å²) in [5.74, 6) is -0.0625. The van der Waals surface area contributed by atoms with Gasteiger partial charge in [-0.1, -0.05) is 75.4 Å². The third-order valence-electron chi connectivity index (χ3n) is 5.48. The Morgan fingerprint density at radius 1 is 0.944 bits per heavy atom. The van der Waals surface area contributed by atoms with Crippen molar-refractivity contribution in [2.75, 3.05) is 0 Å². The number of allylic oxidation sites excluding steroid dienone is 2. The van der Waals surface area contributed by atoms with Crippen LogP contribution < -0.4 is 15.9 Å². The number of aliphatic hydroxyl groups is 1. The van der Waals surface area contributed by atoms with E-state index in [4.69, 9.17) is 16.9 Å². The van der Waals surface area contributed by atoms with Crippen molar-refractivity contribution in [1.82, 2.24) is 4.98 Å². The summed E-state index contributed by atoms with van der Waals surface area (Å²) >= 11 is 10.2. The molecule has 3 aromatic carbocycles. The average Bonchev–Trinajstić information content (AvgIpc) is 2.84. The third kappa shape index (κ3) is 5.06. The zero-order valence-corrected chi connectivity index (χ0v) is 25.1. The number of hydrogen-bond acceptors (Lipinski definition) is 6. The van der Waals surface area contributed by atoms with Crippen LogP contribution in [0.15, 0.2) is 110 Å². The fourth-order valence-corrected chi connectivity index (χ4v) is 13.3. The Morgan fingerprint density at radius 2 is 1.56 bits per heavy atom. The first-order valence-corrected chi connectivity index (χ1v) is 15.4. The second-order valence-electron chi connectivity index (χ2n) is 8.09. The molecule has 1 atom stereocenters. The first-order valence-electron chi connectivity index (χ1n) is 10.9. The van der Waals surface area contributed by atoms with E-state index in [9.17, 15) is 4.79 Å². The van der Waals surface area contributed by atoms with Gasteiger partial charge in [0.15, 0.2) is 5.78 Å². The molecule has 1 aromatic heterocycles. The zero-order valence-electron chi connectivity index (χ0n) is 19.4. The smallest absolute Gasteiger partial charge is 0.155 e. The number of benzene rings is 3. The summed E-state index contributed by atoms with van der Waals surface area (Å²) in [5.41, 5.74) is 1.99. The van der Waals surface area contributed by atoms with Gasteiger partial charge in [0.05, 0.1) is 5.76 Å². The Morgan fingerprint density at radius 3 is 2.11 bits per heavy atom. The van der Waals surface area contributed by atoms with E-state index >= 15 is 0 Å². The molecular weight excluding hydrogens is 702 g/mol. The number of fused-ring (bicyclic) bond motifs is 4. The van der Waals surface area contributed by atoms with Crippen molar-refractivity contribution in [2.45, 2.75) is 33.4 Å². The van der Waals surface area contributed by atoms with Crippen molar-refractivity contribution in [1.29, 1.82) is 0 Å². The quantitative estimate of drug-likeness (QED) is 0.0986. The number of carbonyl (C=O) groups excluding carboxylic acids is 1. The molecule has 0 bridgehead atoms. The van der Waals surface area contributed by atoms with Crippen LogP contribution in [-0.2, 0) is 36.7 Å². The van der Waals surface area contributed by atoms with Crippen LogP contribution in [0.5, 0.6) is 0 Å². The maximum atomic E-state index is 10.0. The standard InChI is InChI=1S/C23H13NPS3.C5H8O2.Ir/c26-25-17-8-1-3-10-19(17)27-21-13-15(16-7-5-6-12-24-16)14-22(23(21)25)28-20-11-4-2-9-18(20)25;1-4(6)3-5(2)7;/h1-13H;3,6H,1-2H3;/q-1;;/b;4-3-;. The predicted octanol–water partition coefficient (Wildman–Crippen LogP) is 6.27. The second kappa shape index (κ2) is 11.2. The number of nitrogens with zero attached hydrogens (tertiary/aromatic N) is 1. The molecule has 0 spiro atoms. The first kappa shape index (κ1) is 27.1. The molecule has 1 radical (unpaired) electrons. The Balaban J connectivity index is 0.000000338. The van der Waals surface area contributed by atoms with Gasteiger partial charge in [-0.2, -0.15) is 0 Å². The normalized spacial score (nSPS) is 16.8. The van der Waals surface area contributed by atoms with Crippen LogP contribution in [0.4, 0.5) is 0 Å². The molecule has 3 nitrogen and oxygen atoms in total. The number of aromatic nitrogens is 1. The third-order valence-corrected chi connectivity index (χ3v) is 13.2. The molecule has 0 saturated heterocycles. The predicted molar refractivity (Wildman–Crippen MR) is 150 cm³/mol. The van der Waals surface area contributed by atoms with Gasteiger partial charge >= 0.3 is 0 Å². The van der Waals surface area contributed by atoms with E-state index in [1.165, 1.54) is 55.4 Å². The van der Waals surface area contributed by atoms with E-state index in [1.807, 2.05) is 36.2 Å². The summed E-state index contributed by atoms with van der Waals surface area (Å²) in [6.07, 6.45) is 3.00. The molecule has 8 heteroatoms. The van der Waals surface area contributed by atoms with Crippen molar-refractivity contribution in [3.8, 4) is 11.3 Å². The van der Waals surface area contributed by atoms with Gasteiger partial charge in [-0.05, 0) is 48.3 Å². The fourth-order valence-electron chi connectivity index (χ4n) is 4.14. The zero-order chi connectivity index (χ0) is 24.6. The molecule has 0 saturated carbocycles. The summed E-state index contributed by atoms with van der Waals surface area (Å²) < 4.78 is 0. The molecular formula is C28H21IrNO2PS3-. The minimum atomic E-state index is -2.09. The number of rotatable bonds is 2. The van der Waals surface area contributed by atoms with E-state index in [-0.39, 0.29) is 31.6 Å². The summed E-state index contributed by atoms with van der Waals surface area (Å²) in [4.78, 5) is 19.5. The summed E-state index contributed by atoms with van der Waals surface area (Å²) in [6.45, 7) is 2.85. The van der Waals surface area contributed by atoms with Gasteiger partial charge < -0.3 is 10.1 Å². The van der Waals surface area contributed by atoms with Gasteiger partial charge in [-0.15, -0.1) is 41.2 Å². The molecule has 2 aliphatic heterocycles. The monoisotopic (exact) mass is 723 g/mol. The van der Waals surface area contributed by atoms with Gasteiger partial charge in [-0.3, -0.25) is 4.79 Å². The van der Waals surface area contributed by atoms with Crippen molar-refractivity contribution >= 4 is 63.1 Å². The van der Waals surface area contributed by atoms with Gasteiger partial charge in [0.1, 0.15) is 0 Å². The molecule has 6 rings (SSSR count). The molecule has 4 aromatic rings. The molecule has 183 valence electrons. The van der Waals surface area contributed by atoms with Crippen molar-refractivity contribution in [3.63, 3.8) is 0 Å². The van der Waals surface area contributed by atoms with Crippen molar-refractivity contribution in [3.05, 3.63) is 96.9 Å². The van der Waals surface area contributed by atoms with Crippen LogP contribution >= 0.6 is 29.6 Å². The van der Waals surface area contributed by atoms with Crippen molar-refractivity contribution in [2.24, 2.45) is 0 Å². The van der Waals surface area contributed by atoms with E-state index in [1.54, 1.807) is 11.8 Å². The molecule has 1 N–H and O–H groups in total. The van der Waals surface area contributed by atoms with E-state index in [0.717, 1.165) is 11.3 Å². The molecule has 1 unspecified atom stereocenters. The van der Waals surface area contributed by atoms with Gasteiger partial charge in [0.25, 0.3) is 0 Å². The van der Waals surface area contributed by atoms with E-state index < -0.39 is 6.04 Å². The van der Waals surface area contributed by atoms with Crippen LogP contribution in [-0.4, -0.2) is 15.9 Å². The topological polar surface area (TPSA) is 50.2 Å². The Kier molecular flexibility index (Phi) is 8.41. The van der Waals surface area contributed by atoms with Crippen LogP contribution in [0.25, 0.3) is 11.3 Å². The maximum absolute atomic E-state index is 10.0.